The lowest BCUT2D eigenvalue weighted by Crippen LogP contribution is -2.27. The van der Waals surface area contributed by atoms with E-state index in [-0.39, 0.29) is 11.6 Å². The van der Waals surface area contributed by atoms with Crippen molar-refractivity contribution in [3.05, 3.63) is 45.2 Å². The molecular weight excluding hydrogens is 403 g/mol. The number of hydrogen-bond acceptors (Lipinski definition) is 3. The number of nitrogens with one attached hydrogen (secondary N) is 1. The lowest BCUT2D eigenvalue weighted by atomic mass is 10.0. The van der Waals surface area contributed by atoms with E-state index in [1.807, 2.05) is 24.9 Å². The quantitative estimate of drug-likeness (QED) is 0.744. The third kappa shape index (κ3) is 3.50. The van der Waals surface area contributed by atoms with Crippen LogP contribution in [0.5, 0.6) is 0 Å². The average molecular weight is 420 g/mol. The number of thioether (sulfide) groups is 1. The Labute approximate surface area is 151 Å². The largest absolute Gasteiger partial charge is 0.435 e. The highest BCUT2D eigenvalue weighted by atomic mass is 79.9. The second-order valence-electron chi connectivity index (χ2n) is 5.92. The first-order valence-electron chi connectivity index (χ1n) is 7.51. The molecule has 0 fully saturated rings. The second kappa shape index (κ2) is 6.72. The zero-order valence-electron chi connectivity index (χ0n) is 13.2. The molecule has 2 heterocycles. The molecule has 1 aromatic carbocycles. The highest BCUT2D eigenvalue weighted by Crippen LogP contribution is 2.41. The van der Waals surface area contributed by atoms with E-state index in [0.29, 0.717) is 12.2 Å². The minimum Gasteiger partial charge on any atom is -0.293 e. The summed E-state index contributed by atoms with van der Waals surface area (Å²) >= 11 is 5.32. The van der Waals surface area contributed by atoms with Crippen molar-refractivity contribution in [2.75, 3.05) is 12.8 Å². The molecular formula is C16H17BrF3N3S. The molecule has 3 rings (SSSR count). The smallest absolute Gasteiger partial charge is 0.293 e. The summed E-state index contributed by atoms with van der Waals surface area (Å²) in [6.45, 7) is 1.87. The fourth-order valence-electron chi connectivity index (χ4n) is 3.03. The number of hydrogen-bond donors (Lipinski definition) is 1. The number of fused-ring (bicyclic) bond motifs is 1. The van der Waals surface area contributed by atoms with Crippen LogP contribution in [-0.4, -0.2) is 27.9 Å². The first-order valence-corrected chi connectivity index (χ1v) is 9.28. The van der Waals surface area contributed by atoms with E-state index >= 15 is 0 Å². The fraction of sp³-hybridized carbons (Fsp3) is 0.438. The summed E-state index contributed by atoms with van der Waals surface area (Å²) in [5.74, 6) is 0.999. The molecule has 0 amide bonds. The zero-order valence-corrected chi connectivity index (χ0v) is 15.6. The molecule has 0 spiro atoms. The van der Waals surface area contributed by atoms with Gasteiger partial charge in [0.1, 0.15) is 0 Å². The standard InChI is InChI=1S/C16H17BrF3N3S/c1-9-12(21-22-15(9)16(18,19)20)8-23(2)13-5-6-24-14-4-3-10(17)7-11(13)14/h3-4,7,13H,5-6,8H2,1-2H3,(H,21,22). The van der Waals surface area contributed by atoms with Crippen molar-refractivity contribution < 1.29 is 13.2 Å². The summed E-state index contributed by atoms with van der Waals surface area (Å²) in [6.07, 6.45) is -3.46. The molecule has 0 aliphatic carbocycles. The van der Waals surface area contributed by atoms with E-state index < -0.39 is 11.9 Å². The molecule has 3 nitrogen and oxygen atoms in total. The SMILES string of the molecule is Cc1c(C(F)(F)F)n[nH]c1CN(C)C1CCSc2ccc(Br)cc21. The van der Waals surface area contributed by atoms with Crippen molar-refractivity contribution in [1.82, 2.24) is 15.1 Å². The van der Waals surface area contributed by atoms with Crippen LogP contribution in [0.1, 0.15) is 35.0 Å². The third-order valence-electron chi connectivity index (χ3n) is 4.30. The van der Waals surface area contributed by atoms with Crippen molar-refractivity contribution in [2.45, 2.75) is 37.0 Å². The van der Waals surface area contributed by atoms with Crippen LogP contribution in [0.25, 0.3) is 0 Å². The normalized spacial score (nSPS) is 18.0. The number of halogens is 4. The lowest BCUT2D eigenvalue weighted by molar-refractivity contribution is -0.141. The van der Waals surface area contributed by atoms with Gasteiger partial charge in [0.15, 0.2) is 5.69 Å². The number of H-pyrrole nitrogens is 1. The Kier molecular flexibility index (Phi) is 4.99. The van der Waals surface area contributed by atoms with Crippen molar-refractivity contribution in [3.63, 3.8) is 0 Å². The molecule has 2 aromatic rings. The predicted molar refractivity (Wildman–Crippen MR) is 92.0 cm³/mol. The fourth-order valence-corrected chi connectivity index (χ4v) is 4.49. The summed E-state index contributed by atoms with van der Waals surface area (Å²) in [6, 6.07) is 6.38. The van der Waals surface area contributed by atoms with Gasteiger partial charge in [-0.15, -0.1) is 11.8 Å². The number of alkyl halides is 3. The Balaban J connectivity index is 1.83. The number of aromatic amines is 1. The number of aromatic nitrogens is 2. The Morgan fingerprint density at radius 3 is 2.83 bits per heavy atom. The van der Waals surface area contributed by atoms with Crippen LogP contribution in [-0.2, 0) is 12.7 Å². The van der Waals surface area contributed by atoms with Crippen LogP contribution in [0.2, 0.25) is 0 Å². The van der Waals surface area contributed by atoms with Crippen LogP contribution in [0.15, 0.2) is 27.6 Å². The molecule has 24 heavy (non-hydrogen) atoms. The van der Waals surface area contributed by atoms with Gasteiger partial charge in [0, 0.05) is 27.5 Å². The Bertz CT molecular complexity index is 745. The Hall–Kier alpha value is -0.990. The molecule has 0 saturated heterocycles. The van der Waals surface area contributed by atoms with Gasteiger partial charge in [-0.05, 0) is 49.9 Å². The van der Waals surface area contributed by atoms with Gasteiger partial charge in [0.2, 0.25) is 0 Å². The highest BCUT2D eigenvalue weighted by Gasteiger charge is 2.37. The molecule has 0 radical (unpaired) electrons. The molecule has 0 saturated carbocycles. The van der Waals surface area contributed by atoms with Crippen LogP contribution < -0.4 is 0 Å². The monoisotopic (exact) mass is 419 g/mol. The van der Waals surface area contributed by atoms with Crippen LogP contribution in [0, 0.1) is 6.92 Å². The molecule has 1 N–H and O–H groups in total. The predicted octanol–water partition coefficient (Wildman–Crippen LogP) is 5.17. The van der Waals surface area contributed by atoms with Crippen molar-refractivity contribution in [2.24, 2.45) is 0 Å². The van der Waals surface area contributed by atoms with Gasteiger partial charge in [-0.25, -0.2) is 0 Å². The second-order valence-corrected chi connectivity index (χ2v) is 7.98. The van der Waals surface area contributed by atoms with Gasteiger partial charge in [0.05, 0.1) is 5.69 Å². The molecule has 130 valence electrons. The maximum atomic E-state index is 12.9. The number of nitrogens with zero attached hydrogens (tertiary/aromatic N) is 2. The molecule has 8 heteroatoms. The minimum atomic E-state index is -4.42. The van der Waals surface area contributed by atoms with E-state index in [2.05, 4.69) is 43.2 Å². The van der Waals surface area contributed by atoms with Gasteiger partial charge in [0.25, 0.3) is 0 Å². The summed E-state index contributed by atoms with van der Waals surface area (Å²) in [5, 5.41) is 6.02. The summed E-state index contributed by atoms with van der Waals surface area (Å²) in [4.78, 5) is 3.32. The maximum Gasteiger partial charge on any atom is 0.435 e. The summed E-state index contributed by atoms with van der Waals surface area (Å²) in [5.41, 5.74) is 1.08. The van der Waals surface area contributed by atoms with Gasteiger partial charge >= 0.3 is 6.18 Å². The molecule has 1 aromatic heterocycles. The minimum absolute atomic E-state index is 0.175. The van der Waals surface area contributed by atoms with E-state index in [4.69, 9.17) is 0 Å². The average Bonchev–Trinajstić information content (AvgIpc) is 2.87. The first kappa shape index (κ1) is 17.8. The van der Waals surface area contributed by atoms with Gasteiger partial charge in [-0.2, -0.15) is 18.3 Å². The summed E-state index contributed by atoms with van der Waals surface area (Å²) < 4.78 is 39.7. The van der Waals surface area contributed by atoms with Crippen molar-refractivity contribution >= 4 is 27.7 Å². The highest BCUT2D eigenvalue weighted by molar-refractivity contribution is 9.10. The number of benzene rings is 1. The van der Waals surface area contributed by atoms with Crippen LogP contribution in [0.3, 0.4) is 0 Å². The topological polar surface area (TPSA) is 31.9 Å². The van der Waals surface area contributed by atoms with E-state index in [0.717, 1.165) is 16.6 Å². The molecule has 0 bridgehead atoms. The van der Waals surface area contributed by atoms with Crippen LogP contribution >= 0.6 is 27.7 Å². The zero-order chi connectivity index (χ0) is 17.5. The number of rotatable bonds is 3. The van der Waals surface area contributed by atoms with Crippen molar-refractivity contribution in [3.8, 4) is 0 Å². The molecule has 1 aliphatic heterocycles. The maximum absolute atomic E-state index is 12.9. The van der Waals surface area contributed by atoms with E-state index in [1.54, 1.807) is 0 Å². The van der Waals surface area contributed by atoms with Crippen molar-refractivity contribution in [1.29, 1.82) is 0 Å². The van der Waals surface area contributed by atoms with Crippen LogP contribution in [0.4, 0.5) is 13.2 Å². The molecule has 1 atom stereocenters. The lowest BCUT2D eigenvalue weighted by Gasteiger charge is -2.33. The Morgan fingerprint density at radius 2 is 2.17 bits per heavy atom. The molecule has 1 aliphatic rings. The van der Waals surface area contributed by atoms with Gasteiger partial charge in [-0.1, -0.05) is 15.9 Å². The first-order chi connectivity index (χ1) is 11.3. The third-order valence-corrected chi connectivity index (χ3v) is 5.91. The summed E-state index contributed by atoms with van der Waals surface area (Å²) in [7, 11) is 1.94. The molecule has 1 unspecified atom stereocenters. The Morgan fingerprint density at radius 1 is 1.42 bits per heavy atom. The van der Waals surface area contributed by atoms with E-state index in [1.165, 1.54) is 17.4 Å². The van der Waals surface area contributed by atoms with E-state index in [9.17, 15) is 13.2 Å². The van der Waals surface area contributed by atoms with Gasteiger partial charge in [-0.3, -0.25) is 10.00 Å². The van der Waals surface area contributed by atoms with Gasteiger partial charge < -0.3 is 0 Å².